The topological polar surface area (TPSA) is 54.9 Å². The van der Waals surface area contributed by atoms with Crippen LogP contribution in [0.5, 0.6) is 5.88 Å². The molecule has 4 rings (SSSR count). The first-order valence-electron chi connectivity index (χ1n) is 9.19. The molecular formula is C20H22BrN3O3. The molecule has 1 aromatic carbocycles. The Balaban J connectivity index is 1.34. The van der Waals surface area contributed by atoms with Gasteiger partial charge in [0.2, 0.25) is 5.88 Å². The molecule has 6 nitrogen and oxygen atoms in total. The molecule has 7 heteroatoms. The van der Waals surface area contributed by atoms with Crippen molar-refractivity contribution >= 4 is 27.5 Å². The van der Waals surface area contributed by atoms with Gasteiger partial charge in [-0.25, -0.2) is 4.98 Å². The molecule has 0 aliphatic carbocycles. The van der Waals surface area contributed by atoms with Gasteiger partial charge in [-0.3, -0.25) is 4.79 Å². The number of carbonyl (C=O) groups is 1. The Labute approximate surface area is 167 Å². The first-order valence-corrected chi connectivity index (χ1v) is 9.98. The van der Waals surface area contributed by atoms with E-state index in [1.807, 2.05) is 41.3 Å². The maximum Gasteiger partial charge on any atom is 0.253 e. The number of anilines is 1. The number of amides is 1. The second-order valence-corrected chi connectivity index (χ2v) is 7.66. The molecule has 1 atom stereocenters. The van der Waals surface area contributed by atoms with Crippen LogP contribution < -0.4 is 9.64 Å². The normalized spacial score (nSPS) is 20.0. The van der Waals surface area contributed by atoms with Crippen LogP contribution in [-0.4, -0.2) is 61.3 Å². The van der Waals surface area contributed by atoms with Crippen LogP contribution in [0.3, 0.4) is 0 Å². The molecule has 0 radical (unpaired) electrons. The summed E-state index contributed by atoms with van der Waals surface area (Å²) < 4.78 is 12.2. The quantitative estimate of drug-likeness (QED) is 0.744. The fourth-order valence-electron chi connectivity index (χ4n) is 3.43. The second kappa shape index (κ2) is 8.27. The number of carbonyl (C=O) groups excluding carboxylic acids is 1. The lowest BCUT2D eigenvalue weighted by Crippen LogP contribution is -2.36. The molecular weight excluding hydrogens is 410 g/mol. The van der Waals surface area contributed by atoms with E-state index in [-0.39, 0.29) is 12.0 Å². The maximum absolute atomic E-state index is 12.8. The number of hydrogen-bond donors (Lipinski definition) is 0. The molecule has 2 aromatic rings. The summed E-state index contributed by atoms with van der Waals surface area (Å²) in [5.41, 5.74) is 1.85. The molecule has 2 aliphatic rings. The van der Waals surface area contributed by atoms with Gasteiger partial charge in [0.25, 0.3) is 5.91 Å². The largest absolute Gasteiger partial charge is 0.472 e. The van der Waals surface area contributed by atoms with E-state index in [2.05, 4.69) is 25.8 Å². The minimum Gasteiger partial charge on any atom is -0.472 e. The fraction of sp³-hybridized carbons (Fsp3) is 0.400. The summed E-state index contributed by atoms with van der Waals surface area (Å²) in [7, 11) is 0. The molecule has 1 aromatic heterocycles. The lowest BCUT2D eigenvalue weighted by atomic mass is 10.1. The Hall–Kier alpha value is -2.12. The summed E-state index contributed by atoms with van der Waals surface area (Å²) in [5, 5.41) is 0. The van der Waals surface area contributed by atoms with E-state index in [0.29, 0.717) is 19.0 Å². The van der Waals surface area contributed by atoms with Crippen molar-refractivity contribution in [3.05, 3.63) is 52.6 Å². The van der Waals surface area contributed by atoms with Crippen molar-refractivity contribution < 1.29 is 14.3 Å². The van der Waals surface area contributed by atoms with E-state index in [4.69, 9.17) is 9.47 Å². The smallest absolute Gasteiger partial charge is 0.253 e. The number of rotatable bonds is 4. The average Bonchev–Trinajstić information content (AvgIpc) is 3.18. The Kier molecular flexibility index (Phi) is 5.59. The van der Waals surface area contributed by atoms with Crippen LogP contribution in [0.15, 0.2) is 47.1 Å². The predicted molar refractivity (Wildman–Crippen MR) is 106 cm³/mol. The lowest BCUT2D eigenvalue weighted by molar-refractivity contribution is 0.0771. The number of morpholine rings is 1. The molecule has 3 heterocycles. The Morgan fingerprint density at radius 2 is 1.89 bits per heavy atom. The van der Waals surface area contributed by atoms with Crippen molar-refractivity contribution in [3.8, 4) is 5.88 Å². The zero-order valence-corrected chi connectivity index (χ0v) is 16.6. The molecule has 2 saturated heterocycles. The number of nitrogens with zero attached hydrogens (tertiary/aromatic N) is 3. The third-order valence-corrected chi connectivity index (χ3v) is 5.38. The number of ether oxygens (including phenoxy) is 2. The van der Waals surface area contributed by atoms with Gasteiger partial charge in [-0.15, -0.1) is 0 Å². The highest BCUT2D eigenvalue weighted by molar-refractivity contribution is 9.10. The van der Waals surface area contributed by atoms with E-state index in [1.165, 1.54) is 0 Å². The van der Waals surface area contributed by atoms with Crippen LogP contribution in [0.4, 0.5) is 5.69 Å². The van der Waals surface area contributed by atoms with Crippen molar-refractivity contribution in [1.29, 1.82) is 0 Å². The van der Waals surface area contributed by atoms with Crippen LogP contribution in [0.25, 0.3) is 0 Å². The summed E-state index contributed by atoms with van der Waals surface area (Å²) in [5.74, 6) is 0.644. The molecule has 2 aliphatic heterocycles. The highest BCUT2D eigenvalue weighted by atomic mass is 79.9. The zero-order valence-electron chi connectivity index (χ0n) is 15.0. The van der Waals surface area contributed by atoms with Crippen LogP contribution in [0, 0.1) is 0 Å². The highest BCUT2D eigenvalue weighted by Crippen LogP contribution is 2.21. The first kappa shape index (κ1) is 18.3. The third kappa shape index (κ3) is 4.42. The fourth-order valence-corrected chi connectivity index (χ4v) is 3.67. The molecule has 0 unspecified atom stereocenters. The van der Waals surface area contributed by atoms with Crippen LogP contribution in [0.2, 0.25) is 0 Å². The standard InChI is InChI=1S/C20H22BrN3O3/c21-16-3-6-19(22-13-16)27-18-7-8-24(14-18)20(25)15-1-4-17(5-2-15)23-9-11-26-12-10-23/h1-6,13,18H,7-12,14H2/t18-/m0/s1. The van der Waals surface area contributed by atoms with Gasteiger partial charge in [-0.05, 0) is 46.3 Å². The average molecular weight is 432 g/mol. The van der Waals surface area contributed by atoms with E-state index >= 15 is 0 Å². The summed E-state index contributed by atoms with van der Waals surface area (Å²) >= 11 is 3.36. The predicted octanol–water partition coefficient (Wildman–Crippen LogP) is 2.97. The molecule has 0 N–H and O–H groups in total. The van der Waals surface area contributed by atoms with Gasteiger partial charge in [-0.1, -0.05) is 0 Å². The second-order valence-electron chi connectivity index (χ2n) is 6.74. The Morgan fingerprint density at radius 3 is 2.59 bits per heavy atom. The van der Waals surface area contributed by atoms with Crippen LogP contribution in [-0.2, 0) is 4.74 Å². The van der Waals surface area contributed by atoms with E-state index in [9.17, 15) is 4.79 Å². The van der Waals surface area contributed by atoms with Crippen molar-refractivity contribution in [3.63, 3.8) is 0 Å². The van der Waals surface area contributed by atoms with Gasteiger partial charge in [0.05, 0.1) is 19.8 Å². The Bertz CT molecular complexity index is 776. The molecule has 1 amide bonds. The number of halogens is 1. The highest BCUT2D eigenvalue weighted by Gasteiger charge is 2.28. The van der Waals surface area contributed by atoms with Crippen molar-refractivity contribution in [2.24, 2.45) is 0 Å². The molecule has 2 fully saturated rings. The number of benzene rings is 1. The molecule has 0 spiro atoms. The molecule has 0 bridgehead atoms. The van der Waals surface area contributed by atoms with Gasteiger partial charge in [0.15, 0.2) is 0 Å². The van der Waals surface area contributed by atoms with Crippen LogP contribution in [0.1, 0.15) is 16.8 Å². The van der Waals surface area contributed by atoms with Gasteiger partial charge in [-0.2, -0.15) is 0 Å². The monoisotopic (exact) mass is 431 g/mol. The number of likely N-dealkylation sites (tertiary alicyclic amines) is 1. The molecule has 0 saturated carbocycles. The van der Waals surface area contributed by atoms with Crippen LogP contribution >= 0.6 is 15.9 Å². The molecule has 27 heavy (non-hydrogen) atoms. The number of hydrogen-bond acceptors (Lipinski definition) is 5. The van der Waals surface area contributed by atoms with Crippen molar-refractivity contribution in [2.75, 3.05) is 44.3 Å². The molecule has 142 valence electrons. The summed E-state index contributed by atoms with van der Waals surface area (Å²) in [4.78, 5) is 21.2. The van der Waals surface area contributed by atoms with Gasteiger partial charge in [0, 0.05) is 54.0 Å². The number of pyridine rings is 1. The zero-order chi connectivity index (χ0) is 18.6. The van der Waals surface area contributed by atoms with Crippen molar-refractivity contribution in [2.45, 2.75) is 12.5 Å². The Morgan fingerprint density at radius 1 is 1.11 bits per heavy atom. The summed E-state index contributed by atoms with van der Waals surface area (Å²) in [6.45, 7) is 4.57. The first-order chi connectivity index (χ1) is 13.2. The third-order valence-electron chi connectivity index (χ3n) is 4.91. The lowest BCUT2D eigenvalue weighted by Gasteiger charge is -2.29. The van der Waals surface area contributed by atoms with E-state index in [1.54, 1.807) is 6.20 Å². The minimum absolute atomic E-state index is 0.0183. The maximum atomic E-state index is 12.8. The van der Waals surface area contributed by atoms with E-state index in [0.717, 1.165) is 48.4 Å². The van der Waals surface area contributed by atoms with Crippen molar-refractivity contribution in [1.82, 2.24) is 9.88 Å². The van der Waals surface area contributed by atoms with Gasteiger partial charge >= 0.3 is 0 Å². The van der Waals surface area contributed by atoms with E-state index < -0.39 is 0 Å². The summed E-state index contributed by atoms with van der Waals surface area (Å²) in [6, 6.07) is 11.6. The van der Waals surface area contributed by atoms with Gasteiger partial charge in [0.1, 0.15) is 6.10 Å². The number of aromatic nitrogens is 1. The summed E-state index contributed by atoms with van der Waals surface area (Å²) in [6.07, 6.45) is 2.51. The SMILES string of the molecule is O=C(c1ccc(N2CCOCC2)cc1)N1CC[C@H](Oc2ccc(Br)cn2)C1. The van der Waals surface area contributed by atoms with Gasteiger partial charge < -0.3 is 19.3 Å². The minimum atomic E-state index is -0.0183.